The Bertz CT molecular complexity index is 908. The first kappa shape index (κ1) is 25.6. The van der Waals surface area contributed by atoms with E-state index in [9.17, 15) is 14.4 Å². The molecule has 2 rings (SSSR count). The number of hydrogen-bond donors (Lipinski definition) is 1. The smallest absolute Gasteiger partial charge is 0.338 e. The van der Waals surface area contributed by atoms with Gasteiger partial charge in [0, 0.05) is 19.4 Å². The van der Waals surface area contributed by atoms with Gasteiger partial charge >= 0.3 is 11.9 Å². The summed E-state index contributed by atoms with van der Waals surface area (Å²) < 4.78 is 15.4. The van der Waals surface area contributed by atoms with E-state index in [0.29, 0.717) is 12.1 Å². The van der Waals surface area contributed by atoms with Gasteiger partial charge in [-0.05, 0) is 49.6 Å². The summed E-state index contributed by atoms with van der Waals surface area (Å²) in [5.74, 6) is -0.667. The largest absolute Gasteiger partial charge is 0.497 e. The second kappa shape index (κ2) is 14.5. The third-order valence-electron chi connectivity index (χ3n) is 4.74. The van der Waals surface area contributed by atoms with Gasteiger partial charge in [-0.1, -0.05) is 42.5 Å². The highest BCUT2D eigenvalue weighted by atomic mass is 16.5. The third kappa shape index (κ3) is 9.60. The van der Waals surface area contributed by atoms with E-state index >= 15 is 0 Å². The molecule has 1 amide bonds. The van der Waals surface area contributed by atoms with Gasteiger partial charge in [0.1, 0.15) is 5.75 Å². The molecule has 176 valence electrons. The molecule has 0 heterocycles. The van der Waals surface area contributed by atoms with Gasteiger partial charge in [0.05, 0.1) is 19.3 Å². The van der Waals surface area contributed by atoms with Crippen molar-refractivity contribution in [3.8, 4) is 5.75 Å². The van der Waals surface area contributed by atoms with Crippen LogP contribution in [0.2, 0.25) is 0 Å². The fourth-order valence-corrected chi connectivity index (χ4v) is 2.98. The van der Waals surface area contributed by atoms with Crippen LogP contribution in [0.25, 0.3) is 6.08 Å². The van der Waals surface area contributed by atoms with Gasteiger partial charge in [-0.2, -0.15) is 0 Å². The molecule has 0 unspecified atom stereocenters. The second-order valence-corrected chi connectivity index (χ2v) is 7.21. The maximum atomic E-state index is 12.6. The lowest BCUT2D eigenvalue weighted by Crippen LogP contribution is -2.38. The van der Waals surface area contributed by atoms with Crippen LogP contribution < -0.4 is 10.1 Å². The number of esters is 2. The van der Waals surface area contributed by atoms with Crippen molar-refractivity contribution in [2.75, 3.05) is 20.3 Å². The van der Waals surface area contributed by atoms with Crippen molar-refractivity contribution in [1.29, 1.82) is 0 Å². The van der Waals surface area contributed by atoms with Crippen molar-refractivity contribution in [1.82, 2.24) is 5.32 Å². The SMILES string of the molecule is CCOC(=O)CC[C@H](OC(=O)c1ccccc1)C(=O)NCCC/C=C\c1ccc(OC)cc1. The number of methoxy groups -OCH3 is 1. The molecule has 0 aliphatic carbocycles. The molecule has 2 aromatic carbocycles. The Morgan fingerprint density at radius 3 is 2.42 bits per heavy atom. The summed E-state index contributed by atoms with van der Waals surface area (Å²) in [6.45, 7) is 2.38. The number of benzene rings is 2. The molecule has 0 aromatic heterocycles. The molecule has 0 saturated carbocycles. The highest BCUT2D eigenvalue weighted by Crippen LogP contribution is 2.13. The highest BCUT2D eigenvalue weighted by Gasteiger charge is 2.24. The highest BCUT2D eigenvalue weighted by molar-refractivity contribution is 5.92. The van der Waals surface area contributed by atoms with E-state index in [1.165, 1.54) is 0 Å². The molecular formula is C26H31NO6. The Hall–Kier alpha value is -3.61. The van der Waals surface area contributed by atoms with Gasteiger partial charge in [-0.15, -0.1) is 0 Å². The number of hydrogen-bond acceptors (Lipinski definition) is 6. The van der Waals surface area contributed by atoms with E-state index in [2.05, 4.69) is 5.32 Å². The minimum atomic E-state index is -1.07. The summed E-state index contributed by atoms with van der Waals surface area (Å²) in [4.78, 5) is 36.7. The molecule has 0 aliphatic rings. The van der Waals surface area contributed by atoms with Crippen LogP contribution in [0.4, 0.5) is 0 Å². The number of allylic oxidation sites excluding steroid dienone is 1. The van der Waals surface area contributed by atoms with Gasteiger partial charge in [0.15, 0.2) is 6.10 Å². The lowest BCUT2D eigenvalue weighted by atomic mass is 10.1. The van der Waals surface area contributed by atoms with E-state index < -0.39 is 23.9 Å². The Morgan fingerprint density at radius 1 is 1.03 bits per heavy atom. The molecule has 7 nitrogen and oxygen atoms in total. The van der Waals surface area contributed by atoms with Crippen molar-refractivity contribution in [2.45, 2.75) is 38.7 Å². The minimum Gasteiger partial charge on any atom is -0.497 e. The maximum Gasteiger partial charge on any atom is 0.338 e. The van der Waals surface area contributed by atoms with Crippen LogP contribution in [0.5, 0.6) is 5.75 Å². The predicted molar refractivity (Wildman–Crippen MR) is 126 cm³/mol. The topological polar surface area (TPSA) is 90.9 Å². The van der Waals surface area contributed by atoms with E-state index in [1.807, 2.05) is 36.4 Å². The molecule has 1 atom stereocenters. The Morgan fingerprint density at radius 2 is 1.76 bits per heavy atom. The van der Waals surface area contributed by atoms with E-state index in [1.54, 1.807) is 44.4 Å². The number of rotatable bonds is 13. The molecule has 7 heteroatoms. The number of carbonyl (C=O) groups is 3. The summed E-state index contributed by atoms with van der Waals surface area (Å²) >= 11 is 0. The summed E-state index contributed by atoms with van der Waals surface area (Å²) in [5.41, 5.74) is 1.40. The number of amides is 1. The zero-order valence-electron chi connectivity index (χ0n) is 19.1. The Labute approximate surface area is 194 Å². The first-order chi connectivity index (χ1) is 16.0. The maximum absolute atomic E-state index is 12.6. The molecule has 0 aliphatic heterocycles. The van der Waals surface area contributed by atoms with E-state index in [4.69, 9.17) is 14.2 Å². The van der Waals surface area contributed by atoms with Gasteiger partial charge in [-0.3, -0.25) is 9.59 Å². The van der Waals surface area contributed by atoms with Gasteiger partial charge in [0.2, 0.25) is 0 Å². The molecular weight excluding hydrogens is 422 g/mol. The first-order valence-electron chi connectivity index (χ1n) is 11.0. The number of carbonyl (C=O) groups excluding carboxylic acids is 3. The Balaban J connectivity index is 1.82. The molecule has 1 N–H and O–H groups in total. The molecule has 0 radical (unpaired) electrons. The quantitative estimate of drug-likeness (QED) is 0.362. The average molecular weight is 454 g/mol. The number of ether oxygens (including phenoxy) is 3. The fraction of sp³-hybridized carbons (Fsp3) is 0.346. The van der Waals surface area contributed by atoms with Crippen molar-refractivity contribution >= 4 is 23.9 Å². The third-order valence-corrected chi connectivity index (χ3v) is 4.74. The predicted octanol–water partition coefficient (Wildman–Crippen LogP) is 4.17. The summed E-state index contributed by atoms with van der Waals surface area (Å²) in [5, 5.41) is 2.79. The van der Waals surface area contributed by atoms with Gasteiger partial charge < -0.3 is 19.5 Å². The monoisotopic (exact) mass is 453 g/mol. The summed E-state index contributed by atoms with van der Waals surface area (Å²) in [6, 6.07) is 16.1. The number of unbranched alkanes of at least 4 members (excludes halogenated alkanes) is 1. The lowest BCUT2D eigenvalue weighted by molar-refractivity contribution is -0.144. The van der Waals surface area contributed by atoms with Crippen molar-refractivity contribution in [3.63, 3.8) is 0 Å². The van der Waals surface area contributed by atoms with Gasteiger partial charge in [0.25, 0.3) is 5.91 Å². The van der Waals surface area contributed by atoms with Crippen LogP contribution in [-0.4, -0.2) is 44.2 Å². The summed E-state index contributed by atoms with van der Waals surface area (Å²) in [6.07, 6.45) is 4.49. The second-order valence-electron chi connectivity index (χ2n) is 7.21. The zero-order chi connectivity index (χ0) is 23.9. The summed E-state index contributed by atoms with van der Waals surface area (Å²) in [7, 11) is 1.63. The molecule has 0 bridgehead atoms. The minimum absolute atomic E-state index is 0.0153. The average Bonchev–Trinajstić information content (AvgIpc) is 2.84. The molecule has 2 aromatic rings. The molecule has 0 fully saturated rings. The number of nitrogens with one attached hydrogen (secondary N) is 1. The van der Waals surface area contributed by atoms with Crippen LogP contribution in [0.1, 0.15) is 48.5 Å². The van der Waals surface area contributed by atoms with Crippen molar-refractivity contribution < 1.29 is 28.6 Å². The first-order valence-corrected chi connectivity index (χ1v) is 11.0. The van der Waals surface area contributed by atoms with Crippen LogP contribution in [0.15, 0.2) is 60.7 Å². The van der Waals surface area contributed by atoms with Crippen LogP contribution in [0, 0.1) is 0 Å². The van der Waals surface area contributed by atoms with E-state index in [-0.39, 0.29) is 19.4 Å². The van der Waals surface area contributed by atoms with Crippen LogP contribution in [-0.2, 0) is 19.1 Å². The van der Waals surface area contributed by atoms with Crippen molar-refractivity contribution in [3.05, 3.63) is 71.8 Å². The zero-order valence-corrected chi connectivity index (χ0v) is 19.1. The lowest BCUT2D eigenvalue weighted by Gasteiger charge is -2.17. The normalized spacial score (nSPS) is 11.6. The standard InChI is InChI=1S/C26H31NO6/c1-3-32-24(28)18-17-23(33-26(30)21-11-7-4-8-12-21)25(29)27-19-9-5-6-10-20-13-15-22(31-2)16-14-20/h4,6-8,10-16,23H,3,5,9,17-19H2,1-2H3,(H,27,29)/b10-6-/t23-/m0/s1. The molecule has 33 heavy (non-hydrogen) atoms. The Kier molecular flexibility index (Phi) is 11.2. The molecule has 0 saturated heterocycles. The molecule has 0 spiro atoms. The van der Waals surface area contributed by atoms with Crippen molar-refractivity contribution in [2.24, 2.45) is 0 Å². The fourth-order valence-electron chi connectivity index (χ4n) is 2.98. The van der Waals surface area contributed by atoms with Crippen LogP contribution in [0.3, 0.4) is 0 Å². The van der Waals surface area contributed by atoms with Gasteiger partial charge in [-0.25, -0.2) is 4.79 Å². The van der Waals surface area contributed by atoms with E-state index in [0.717, 1.165) is 24.2 Å². The van der Waals surface area contributed by atoms with Crippen LogP contribution >= 0.6 is 0 Å².